The molecule has 0 saturated carbocycles. The van der Waals surface area contributed by atoms with Gasteiger partial charge in [0, 0.05) is 23.5 Å². The molecule has 2 aromatic rings. The van der Waals surface area contributed by atoms with E-state index in [2.05, 4.69) is 63.7 Å². The predicted molar refractivity (Wildman–Crippen MR) is 96.6 cm³/mol. The maximum atomic E-state index is 11.7. The van der Waals surface area contributed by atoms with E-state index < -0.39 is 11.9 Å². The Kier molecular flexibility index (Phi) is 5.47. The van der Waals surface area contributed by atoms with Crippen LogP contribution in [-0.4, -0.2) is 22.2 Å². The molecular weight excluding hydrogens is 552 g/mol. The van der Waals surface area contributed by atoms with E-state index in [1.807, 2.05) is 0 Å². The summed E-state index contributed by atoms with van der Waals surface area (Å²) in [6, 6.07) is 6.25. The predicted octanol–water partition coefficient (Wildman–Crippen LogP) is 5.80. The molecule has 2 rings (SSSR count). The number of hydrogen-bond donors (Lipinski definition) is 2. The highest BCUT2D eigenvalue weighted by molar-refractivity contribution is 9.15. The first-order chi connectivity index (χ1) is 10.3. The number of carboxylic acid groups (broad SMARTS) is 2. The van der Waals surface area contributed by atoms with Crippen LogP contribution in [0.3, 0.4) is 0 Å². The number of rotatable bonds is 3. The molecule has 0 amide bonds. The molecule has 0 radical (unpaired) electrons. The number of carbonyl (C=O) groups is 2. The molecule has 0 unspecified atom stereocenters. The summed E-state index contributed by atoms with van der Waals surface area (Å²) in [5, 5.41) is 18.9. The molecule has 4 nitrogen and oxygen atoms in total. The van der Waals surface area contributed by atoms with Crippen molar-refractivity contribution in [1.29, 1.82) is 0 Å². The Balaban J connectivity index is 2.99. The summed E-state index contributed by atoms with van der Waals surface area (Å²) >= 11 is 13.3. The zero-order valence-corrected chi connectivity index (χ0v) is 16.9. The highest BCUT2D eigenvalue weighted by Crippen LogP contribution is 2.46. The minimum absolute atomic E-state index is 0.0202. The van der Waals surface area contributed by atoms with Crippen LogP contribution in [0.1, 0.15) is 20.7 Å². The quantitative estimate of drug-likeness (QED) is 0.370. The molecule has 0 aliphatic heterocycles. The molecule has 0 atom stereocenters. The Bertz CT molecular complexity index is 802. The summed E-state index contributed by atoms with van der Waals surface area (Å²) in [5.74, 6) is -2.30. The van der Waals surface area contributed by atoms with E-state index in [0.29, 0.717) is 23.5 Å². The van der Waals surface area contributed by atoms with Gasteiger partial charge in [-0.05, 0) is 75.3 Å². The van der Waals surface area contributed by atoms with Gasteiger partial charge in [0.05, 0.1) is 11.1 Å². The number of halogens is 4. The molecule has 8 heteroatoms. The summed E-state index contributed by atoms with van der Waals surface area (Å²) < 4.78 is 1.88. The molecule has 0 heterocycles. The third-order valence-electron chi connectivity index (χ3n) is 2.91. The van der Waals surface area contributed by atoms with Gasteiger partial charge in [0.1, 0.15) is 0 Å². The Morgan fingerprint density at radius 3 is 1.86 bits per heavy atom. The fraction of sp³-hybridized carbons (Fsp3) is 0. The summed E-state index contributed by atoms with van der Waals surface area (Å²) in [6.07, 6.45) is 0. The van der Waals surface area contributed by atoms with Crippen molar-refractivity contribution in [3.05, 3.63) is 53.3 Å². The average Bonchev–Trinajstić information content (AvgIpc) is 2.48. The van der Waals surface area contributed by atoms with Crippen LogP contribution in [0.4, 0.5) is 0 Å². The fourth-order valence-electron chi connectivity index (χ4n) is 1.97. The lowest BCUT2D eigenvalue weighted by molar-refractivity contribution is 0.0683. The zero-order valence-electron chi connectivity index (χ0n) is 10.5. The Labute approximate surface area is 159 Å². The second kappa shape index (κ2) is 6.82. The highest BCUT2D eigenvalue weighted by Gasteiger charge is 2.26. The molecule has 22 heavy (non-hydrogen) atoms. The molecule has 0 fully saturated rings. The zero-order chi connectivity index (χ0) is 16.6. The van der Waals surface area contributed by atoms with Gasteiger partial charge in [-0.15, -0.1) is 0 Å². The van der Waals surface area contributed by atoms with E-state index in [0.717, 1.165) is 0 Å². The summed E-state index contributed by atoms with van der Waals surface area (Å²) in [7, 11) is 0. The normalized spacial score (nSPS) is 10.5. The minimum atomic E-state index is -1.17. The SMILES string of the molecule is O=C(O)c1ccccc1-c1c(Br)c(Br)c(Br)c(Br)c1C(=O)O. The molecule has 0 saturated heterocycles. The van der Waals surface area contributed by atoms with Crippen molar-refractivity contribution < 1.29 is 19.8 Å². The molecule has 0 aliphatic carbocycles. The third kappa shape index (κ3) is 3.02. The van der Waals surface area contributed by atoms with E-state index >= 15 is 0 Å². The number of hydrogen-bond acceptors (Lipinski definition) is 2. The maximum absolute atomic E-state index is 11.7. The lowest BCUT2D eigenvalue weighted by atomic mass is 9.95. The van der Waals surface area contributed by atoms with E-state index in [1.54, 1.807) is 18.2 Å². The lowest BCUT2D eigenvalue weighted by Gasteiger charge is -2.16. The second-order valence-corrected chi connectivity index (χ2v) is 7.33. The molecule has 0 spiro atoms. The maximum Gasteiger partial charge on any atom is 0.337 e. The number of aromatic carboxylic acids is 2. The van der Waals surface area contributed by atoms with E-state index in [1.165, 1.54) is 6.07 Å². The van der Waals surface area contributed by atoms with Gasteiger partial charge in [0.2, 0.25) is 0 Å². The lowest BCUT2D eigenvalue weighted by Crippen LogP contribution is -2.07. The van der Waals surface area contributed by atoms with Crippen LogP contribution in [0.2, 0.25) is 0 Å². The summed E-state index contributed by atoms with van der Waals surface area (Å²) in [5.41, 5.74) is 0.586. The molecular formula is C14H6Br4O4. The minimum Gasteiger partial charge on any atom is -0.478 e. The molecule has 0 aromatic heterocycles. The molecule has 2 N–H and O–H groups in total. The topological polar surface area (TPSA) is 74.6 Å². The van der Waals surface area contributed by atoms with Gasteiger partial charge in [-0.25, -0.2) is 9.59 Å². The van der Waals surface area contributed by atoms with Gasteiger partial charge in [-0.1, -0.05) is 18.2 Å². The van der Waals surface area contributed by atoms with E-state index in [9.17, 15) is 19.8 Å². The van der Waals surface area contributed by atoms with Gasteiger partial charge in [-0.2, -0.15) is 0 Å². The van der Waals surface area contributed by atoms with E-state index in [4.69, 9.17) is 0 Å². The van der Waals surface area contributed by atoms with Crippen molar-refractivity contribution >= 4 is 75.7 Å². The van der Waals surface area contributed by atoms with Crippen molar-refractivity contribution in [3.63, 3.8) is 0 Å². The van der Waals surface area contributed by atoms with Crippen LogP contribution < -0.4 is 0 Å². The first kappa shape index (κ1) is 17.7. The second-order valence-electron chi connectivity index (χ2n) is 4.16. The average molecular weight is 558 g/mol. The summed E-state index contributed by atoms with van der Waals surface area (Å²) in [6.45, 7) is 0. The molecule has 2 aromatic carbocycles. The van der Waals surface area contributed by atoms with Crippen molar-refractivity contribution in [1.82, 2.24) is 0 Å². The molecule has 0 aliphatic rings. The standard InChI is InChI=1S/C14H6Br4O4/c15-9-7(5-3-1-2-4-6(5)13(19)20)8(14(21)22)10(16)12(18)11(9)17/h1-4H,(H,19,20)(H,21,22). The van der Waals surface area contributed by atoms with Crippen molar-refractivity contribution in [2.45, 2.75) is 0 Å². The molecule has 114 valence electrons. The number of carboxylic acids is 2. The Morgan fingerprint density at radius 1 is 0.773 bits per heavy atom. The van der Waals surface area contributed by atoms with Gasteiger partial charge in [-0.3, -0.25) is 0 Å². The Morgan fingerprint density at radius 2 is 1.32 bits per heavy atom. The van der Waals surface area contributed by atoms with Gasteiger partial charge in [0.25, 0.3) is 0 Å². The molecule has 0 bridgehead atoms. The van der Waals surface area contributed by atoms with Crippen molar-refractivity contribution in [2.75, 3.05) is 0 Å². The van der Waals surface area contributed by atoms with Crippen LogP contribution >= 0.6 is 63.7 Å². The Hall–Kier alpha value is -0.700. The third-order valence-corrected chi connectivity index (χ3v) is 7.68. The van der Waals surface area contributed by atoms with Gasteiger partial charge < -0.3 is 10.2 Å². The van der Waals surface area contributed by atoms with Crippen LogP contribution in [0.25, 0.3) is 11.1 Å². The van der Waals surface area contributed by atoms with Crippen LogP contribution in [-0.2, 0) is 0 Å². The van der Waals surface area contributed by atoms with E-state index in [-0.39, 0.29) is 16.7 Å². The van der Waals surface area contributed by atoms with Crippen molar-refractivity contribution in [3.8, 4) is 11.1 Å². The summed E-state index contributed by atoms with van der Waals surface area (Å²) in [4.78, 5) is 23.1. The smallest absolute Gasteiger partial charge is 0.337 e. The monoisotopic (exact) mass is 554 g/mol. The fourth-order valence-corrected chi connectivity index (χ4v) is 4.47. The van der Waals surface area contributed by atoms with Gasteiger partial charge >= 0.3 is 11.9 Å². The van der Waals surface area contributed by atoms with Crippen LogP contribution in [0.5, 0.6) is 0 Å². The van der Waals surface area contributed by atoms with Crippen LogP contribution in [0.15, 0.2) is 42.2 Å². The van der Waals surface area contributed by atoms with Crippen LogP contribution in [0, 0.1) is 0 Å². The largest absolute Gasteiger partial charge is 0.478 e. The van der Waals surface area contributed by atoms with Crippen molar-refractivity contribution in [2.24, 2.45) is 0 Å². The number of benzene rings is 2. The first-order valence-corrected chi connectivity index (χ1v) is 8.86. The van der Waals surface area contributed by atoms with Gasteiger partial charge in [0.15, 0.2) is 0 Å². The highest BCUT2D eigenvalue weighted by atomic mass is 79.9. The first-order valence-electron chi connectivity index (χ1n) is 5.69.